The van der Waals surface area contributed by atoms with Crippen LogP contribution in [-0.2, 0) is 16.0 Å². The molecule has 0 aliphatic heterocycles. The van der Waals surface area contributed by atoms with E-state index in [1.54, 1.807) is 6.92 Å². The van der Waals surface area contributed by atoms with Crippen molar-refractivity contribution in [1.29, 1.82) is 0 Å². The molecule has 92 valence electrons. The van der Waals surface area contributed by atoms with Crippen LogP contribution in [-0.4, -0.2) is 28.9 Å². The Morgan fingerprint density at radius 2 is 2.12 bits per heavy atom. The molecule has 0 fully saturated rings. The van der Waals surface area contributed by atoms with E-state index in [1.807, 2.05) is 30.3 Å². The van der Waals surface area contributed by atoms with E-state index in [0.29, 0.717) is 13.0 Å². The van der Waals surface area contributed by atoms with Crippen LogP contribution in [0.5, 0.6) is 0 Å². The molecule has 0 amide bonds. The molecule has 0 unspecified atom stereocenters. The lowest BCUT2D eigenvalue weighted by molar-refractivity contribution is -0.139. The molecule has 0 spiro atoms. The molecule has 0 saturated heterocycles. The maximum Gasteiger partial charge on any atom is 0.326 e. The summed E-state index contributed by atoms with van der Waals surface area (Å²) < 4.78 is 5.02. The zero-order valence-corrected chi connectivity index (χ0v) is 10.4. The van der Waals surface area contributed by atoms with Crippen LogP contribution in [0.25, 0.3) is 0 Å². The van der Waals surface area contributed by atoms with Crippen molar-refractivity contribution in [3.8, 4) is 0 Å². The van der Waals surface area contributed by atoms with Crippen molar-refractivity contribution in [2.45, 2.75) is 19.4 Å². The van der Waals surface area contributed by atoms with Gasteiger partial charge in [-0.1, -0.05) is 30.3 Å². The van der Waals surface area contributed by atoms with Crippen LogP contribution in [0.2, 0.25) is 0 Å². The van der Waals surface area contributed by atoms with Gasteiger partial charge in [-0.2, -0.15) is 0 Å². The molecule has 0 aliphatic rings. The van der Waals surface area contributed by atoms with Crippen LogP contribution in [0.3, 0.4) is 0 Å². The smallest absolute Gasteiger partial charge is 0.326 e. The first-order valence-corrected chi connectivity index (χ1v) is 5.74. The number of nitrogens with one attached hydrogen (secondary N) is 1. The first kappa shape index (κ1) is 13.4. The number of rotatable bonds is 5. The molecule has 0 saturated carbocycles. The second kappa shape index (κ2) is 6.85. The van der Waals surface area contributed by atoms with Gasteiger partial charge >= 0.3 is 5.97 Å². The van der Waals surface area contributed by atoms with Gasteiger partial charge in [0.05, 0.1) is 6.61 Å². The third-order valence-electron chi connectivity index (χ3n) is 2.15. The molecule has 0 heterocycles. The number of thiocarbonyl (C=S) groups is 1. The summed E-state index contributed by atoms with van der Waals surface area (Å²) in [6.45, 7) is 2.21. The molecule has 17 heavy (non-hydrogen) atoms. The Labute approximate surface area is 106 Å². The Kier molecular flexibility index (Phi) is 5.42. The Morgan fingerprint density at radius 1 is 1.47 bits per heavy atom. The SMILES string of the molecule is CCOC(=S)N[C@@H](Cc1ccccc1)C(=O)O. The molecule has 0 aliphatic carbocycles. The molecule has 2 N–H and O–H groups in total. The van der Waals surface area contributed by atoms with Crippen molar-refractivity contribution in [2.24, 2.45) is 0 Å². The van der Waals surface area contributed by atoms with E-state index in [9.17, 15) is 4.79 Å². The third-order valence-corrected chi connectivity index (χ3v) is 2.38. The molecule has 1 atom stereocenters. The molecule has 4 nitrogen and oxygen atoms in total. The highest BCUT2D eigenvalue weighted by molar-refractivity contribution is 7.80. The Morgan fingerprint density at radius 3 is 2.65 bits per heavy atom. The van der Waals surface area contributed by atoms with Gasteiger partial charge in [-0.05, 0) is 24.7 Å². The lowest BCUT2D eigenvalue weighted by Gasteiger charge is -2.16. The zero-order valence-electron chi connectivity index (χ0n) is 9.55. The van der Waals surface area contributed by atoms with E-state index >= 15 is 0 Å². The van der Waals surface area contributed by atoms with Gasteiger partial charge in [0.1, 0.15) is 6.04 Å². The molecule has 1 aromatic rings. The Hall–Kier alpha value is -1.62. The van der Waals surface area contributed by atoms with Gasteiger partial charge in [0, 0.05) is 6.42 Å². The summed E-state index contributed by atoms with van der Waals surface area (Å²) in [6.07, 6.45) is 0.364. The second-order valence-electron chi connectivity index (χ2n) is 3.45. The van der Waals surface area contributed by atoms with E-state index < -0.39 is 12.0 Å². The fraction of sp³-hybridized carbons (Fsp3) is 0.333. The van der Waals surface area contributed by atoms with E-state index in [1.165, 1.54) is 0 Å². The fourth-order valence-corrected chi connectivity index (χ4v) is 1.63. The summed E-state index contributed by atoms with van der Waals surface area (Å²) in [5, 5.41) is 11.9. The summed E-state index contributed by atoms with van der Waals surface area (Å²) in [5.74, 6) is -0.948. The van der Waals surface area contributed by atoms with Gasteiger partial charge in [-0.3, -0.25) is 0 Å². The molecular formula is C12H15NO3S. The van der Waals surface area contributed by atoms with E-state index in [-0.39, 0.29) is 5.17 Å². The molecular weight excluding hydrogens is 238 g/mol. The summed E-state index contributed by atoms with van der Waals surface area (Å²) in [4.78, 5) is 11.1. The fourth-order valence-electron chi connectivity index (χ4n) is 1.36. The molecule has 0 bridgehead atoms. The Balaban J connectivity index is 2.61. The standard InChI is InChI=1S/C12H15NO3S/c1-2-16-12(17)13-10(11(14)15)8-9-6-4-3-5-7-9/h3-7,10H,2,8H2,1H3,(H,13,17)(H,14,15)/t10-/m0/s1. The van der Waals surface area contributed by atoms with Crippen molar-refractivity contribution < 1.29 is 14.6 Å². The highest BCUT2D eigenvalue weighted by Gasteiger charge is 2.19. The number of benzene rings is 1. The highest BCUT2D eigenvalue weighted by atomic mass is 32.1. The van der Waals surface area contributed by atoms with Gasteiger partial charge in [-0.25, -0.2) is 4.79 Å². The first-order valence-electron chi connectivity index (χ1n) is 5.33. The van der Waals surface area contributed by atoms with Gasteiger partial charge in [0.25, 0.3) is 5.17 Å². The lowest BCUT2D eigenvalue weighted by Crippen LogP contribution is -2.42. The largest absolute Gasteiger partial charge is 0.480 e. The van der Waals surface area contributed by atoms with E-state index in [0.717, 1.165) is 5.56 Å². The molecule has 5 heteroatoms. The summed E-state index contributed by atoms with van der Waals surface area (Å²) in [5.41, 5.74) is 0.937. The van der Waals surface area contributed by atoms with Crippen LogP contribution in [0.1, 0.15) is 12.5 Å². The van der Waals surface area contributed by atoms with Crippen LogP contribution in [0.4, 0.5) is 0 Å². The summed E-state index contributed by atoms with van der Waals surface area (Å²) >= 11 is 4.87. The van der Waals surface area contributed by atoms with Gasteiger partial charge < -0.3 is 15.2 Å². The van der Waals surface area contributed by atoms with E-state index in [4.69, 9.17) is 22.1 Å². The minimum Gasteiger partial charge on any atom is -0.480 e. The number of carboxylic acid groups (broad SMARTS) is 1. The van der Waals surface area contributed by atoms with Crippen molar-refractivity contribution in [2.75, 3.05) is 6.61 Å². The Bertz CT molecular complexity index is 381. The van der Waals surface area contributed by atoms with Crippen molar-refractivity contribution >= 4 is 23.4 Å². The number of aliphatic carboxylic acids is 1. The molecule has 1 aromatic carbocycles. The maximum atomic E-state index is 11.1. The maximum absolute atomic E-state index is 11.1. The van der Waals surface area contributed by atoms with Crippen LogP contribution < -0.4 is 5.32 Å². The molecule has 0 aromatic heterocycles. The van der Waals surface area contributed by atoms with Crippen LogP contribution >= 0.6 is 12.2 Å². The van der Waals surface area contributed by atoms with Gasteiger partial charge in [-0.15, -0.1) is 0 Å². The summed E-state index contributed by atoms with van der Waals surface area (Å²) in [7, 11) is 0. The topological polar surface area (TPSA) is 58.6 Å². The monoisotopic (exact) mass is 253 g/mol. The van der Waals surface area contributed by atoms with Crippen LogP contribution in [0.15, 0.2) is 30.3 Å². The highest BCUT2D eigenvalue weighted by Crippen LogP contribution is 2.03. The number of carboxylic acids is 1. The number of hydrogen-bond donors (Lipinski definition) is 2. The first-order chi connectivity index (χ1) is 8.13. The third kappa shape index (κ3) is 4.82. The quantitative estimate of drug-likeness (QED) is 0.780. The lowest BCUT2D eigenvalue weighted by atomic mass is 10.1. The van der Waals surface area contributed by atoms with Crippen molar-refractivity contribution in [3.05, 3.63) is 35.9 Å². The van der Waals surface area contributed by atoms with Crippen molar-refractivity contribution in [3.63, 3.8) is 0 Å². The second-order valence-corrected chi connectivity index (χ2v) is 3.82. The van der Waals surface area contributed by atoms with Gasteiger partial charge in [0.15, 0.2) is 0 Å². The summed E-state index contributed by atoms with van der Waals surface area (Å²) in [6, 6.07) is 8.61. The molecule has 0 radical (unpaired) electrons. The zero-order chi connectivity index (χ0) is 12.7. The normalized spacial score (nSPS) is 11.6. The molecule has 1 rings (SSSR count). The van der Waals surface area contributed by atoms with Crippen LogP contribution in [0, 0.1) is 0 Å². The van der Waals surface area contributed by atoms with Gasteiger partial charge in [0.2, 0.25) is 0 Å². The number of ether oxygens (including phenoxy) is 1. The van der Waals surface area contributed by atoms with Crippen molar-refractivity contribution in [1.82, 2.24) is 5.32 Å². The number of hydrogen-bond acceptors (Lipinski definition) is 3. The van der Waals surface area contributed by atoms with E-state index in [2.05, 4.69) is 5.32 Å². The number of carbonyl (C=O) groups is 1. The predicted molar refractivity (Wildman–Crippen MR) is 68.9 cm³/mol. The minimum atomic E-state index is -0.948. The average molecular weight is 253 g/mol. The minimum absolute atomic E-state index is 0.121. The predicted octanol–water partition coefficient (Wildman–Crippen LogP) is 1.59. The average Bonchev–Trinajstić information content (AvgIpc) is 2.29.